The third kappa shape index (κ3) is 3.71. The van der Waals surface area contributed by atoms with Crippen LogP contribution < -0.4 is 10.1 Å². The number of benzene rings is 3. The van der Waals surface area contributed by atoms with Crippen LogP contribution in [0.15, 0.2) is 66.7 Å². The van der Waals surface area contributed by atoms with Gasteiger partial charge in [-0.25, -0.2) is 4.39 Å². The van der Waals surface area contributed by atoms with Crippen molar-refractivity contribution >= 4 is 16.7 Å². The number of amides is 1. The topological polar surface area (TPSA) is 38.3 Å². The van der Waals surface area contributed by atoms with Gasteiger partial charge in [0, 0.05) is 11.9 Å². The van der Waals surface area contributed by atoms with Gasteiger partial charge >= 0.3 is 0 Å². The van der Waals surface area contributed by atoms with Gasteiger partial charge in [0.25, 0.3) is 5.91 Å². The second-order valence-electron chi connectivity index (χ2n) is 5.58. The first-order valence-corrected chi connectivity index (χ1v) is 7.80. The van der Waals surface area contributed by atoms with Crippen molar-refractivity contribution in [2.45, 2.75) is 19.6 Å². The number of fused-ring (bicyclic) bond motifs is 1. The molecule has 0 bridgehead atoms. The first kappa shape index (κ1) is 16.0. The molecule has 3 aromatic rings. The highest BCUT2D eigenvalue weighted by Crippen LogP contribution is 2.26. The van der Waals surface area contributed by atoms with Gasteiger partial charge in [0.2, 0.25) is 0 Å². The fourth-order valence-electron chi connectivity index (χ4n) is 2.48. The second-order valence-corrected chi connectivity index (χ2v) is 5.58. The van der Waals surface area contributed by atoms with Gasteiger partial charge in [-0.15, -0.1) is 0 Å². The van der Waals surface area contributed by atoms with Crippen LogP contribution in [-0.2, 0) is 11.3 Å². The first-order valence-electron chi connectivity index (χ1n) is 7.80. The monoisotopic (exact) mass is 323 g/mol. The van der Waals surface area contributed by atoms with E-state index in [9.17, 15) is 9.18 Å². The van der Waals surface area contributed by atoms with Crippen molar-refractivity contribution in [1.29, 1.82) is 0 Å². The maximum absolute atomic E-state index is 12.9. The van der Waals surface area contributed by atoms with Crippen molar-refractivity contribution < 1.29 is 13.9 Å². The summed E-state index contributed by atoms with van der Waals surface area (Å²) < 4.78 is 18.7. The molecule has 122 valence electrons. The lowest BCUT2D eigenvalue weighted by atomic mass is 10.1. The quantitative estimate of drug-likeness (QED) is 0.769. The van der Waals surface area contributed by atoms with Crippen molar-refractivity contribution in [3.05, 3.63) is 78.1 Å². The van der Waals surface area contributed by atoms with E-state index in [-0.39, 0.29) is 11.7 Å². The number of carbonyl (C=O) groups excluding carboxylic acids is 1. The molecule has 3 nitrogen and oxygen atoms in total. The molecule has 4 heteroatoms. The fourth-order valence-corrected chi connectivity index (χ4v) is 2.48. The number of ether oxygens (including phenoxy) is 1. The molecule has 0 unspecified atom stereocenters. The molecule has 0 saturated heterocycles. The number of hydrogen-bond acceptors (Lipinski definition) is 2. The van der Waals surface area contributed by atoms with Gasteiger partial charge in [0.1, 0.15) is 11.6 Å². The number of hydrogen-bond donors (Lipinski definition) is 1. The zero-order valence-corrected chi connectivity index (χ0v) is 13.3. The predicted molar refractivity (Wildman–Crippen MR) is 92.3 cm³/mol. The highest BCUT2D eigenvalue weighted by atomic mass is 19.1. The predicted octanol–water partition coefficient (Wildman–Crippen LogP) is 4.06. The molecule has 24 heavy (non-hydrogen) atoms. The van der Waals surface area contributed by atoms with E-state index in [2.05, 4.69) is 5.32 Å². The zero-order chi connectivity index (χ0) is 16.9. The van der Waals surface area contributed by atoms with E-state index in [1.165, 1.54) is 12.1 Å². The molecular weight excluding hydrogens is 305 g/mol. The summed E-state index contributed by atoms with van der Waals surface area (Å²) in [5.74, 6) is 0.169. The van der Waals surface area contributed by atoms with Gasteiger partial charge < -0.3 is 10.1 Å². The number of nitrogens with one attached hydrogen (secondary N) is 1. The molecule has 3 aromatic carbocycles. The Morgan fingerprint density at radius 3 is 2.54 bits per heavy atom. The van der Waals surface area contributed by atoms with Crippen LogP contribution in [-0.4, -0.2) is 12.0 Å². The largest absolute Gasteiger partial charge is 0.480 e. The van der Waals surface area contributed by atoms with Gasteiger partial charge in [-0.1, -0.05) is 48.5 Å². The first-order chi connectivity index (χ1) is 11.6. The van der Waals surface area contributed by atoms with Gasteiger partial charge in [0.15, 0.2) is 6.10 Å². The lowest BCUT2D eigenvalue weighted by Gasteiger charge is -2.16. The Bertz CT molecular complexity index is 840. The van der Waals surface area contributed by atoms with E-state index in [1.807, 2.05) is 42.5 Å². The average molecular weight is 323 g/mol. The molecule has 3 rings (SSSR count). The summed E-state index contributed by atoms with van der Waals surface area (Å²) in [7, 11) is 0. The Morgan fingerprint density at radius 2 is 1.75 bits per heavy atom. The van der Waals surface area contributed by atoms with Crippen molar-refractivity contribution in [3.8, 4) is 5.75 Å². The summed E-state index contributed by atoms with van der Waals surface area (Å²) >= 11 is 0. The van der Waals surface area contributed by atoms with Crippen LogP contribution in [0.2, 0.25) is 0 Å². The Balaban J connectivity index is 1.64. The smallest absolute Gasteiger partial charge is 0.261 e. The molecular formula is C20H18FNO2. The zero-order valence-electron chi connectivity index (χ0n) is 13.3. The molecule has 0 spiro atoms. The minimum atomic E-state index is -0.628. The highest BCUT2D eigenvalue weighted by molar-refractivity contribution is 5.89. The van der Waals surface area contributed by atoms with Crippen molar-refractivity contribution in [2.24, 2.45) is 0 Å². The summed E-state index contributed by atoms with van der Waals surface area (Å²) in [5, 5.41) is 4.83. The van der Waals surface area contributed by atoms with E-state index < -0.39 is 6.10 Å². The molecule has 0 aliphatic rings. The lowest BCUT2D eigenvalue weighted by Crippen LogP contribution is -2.35. The van der Waals surface area contributed by atoms with E-state index in [0.717, 1.165) is 16.3 Å². The van der Waals surface area contributed by atoms with Crippen LogP contribution >= 0.6 is 0 Å². The van der Waals surface area contributed by atoms with Crippen LogP contribution in [0.3, 0.4) is 0 Å². The van der Waals surface area contributed by atoms with Crippen molar-refractivity contribution in [3.63, 3.8) is 0 Å². The van der Waals surface area contributed by atoms with Crippen molar-refractivity contribution in [2.75, 3.05) is 0 Å². The highest BCUT2D eigenvalue weighted by Gasteiger charge is 2.15. The van der Waals surface area contributed by atoms with Crippen LogP contribution in [0.5, 0.6) is 5.75 Å². The van der Waals surface area contributed by atoms with Crippen LogP contribution in [0, 0.1) is 5.82 Å². The average Bonchev–Trinajstić information content (AvgIpc) is 2.61. The molecule has 0 heterocycles. The number of rotatable bonds is 5. The van der Waals surface area contributed by atoms with Gasteiger partial charge in [-0.05, 0) is 36.1 Å². The van der Waals surface area contributed by atoms with E-state index in [1.54, 1.807) is 19.1 Å². The van der Waals surface area contributed by atoms with Crippen LogP contribution in [0.1, 0.15) is 12.5 Å². The molecule has 0 saturated carbocycles. The molecule has 0 aliphatic carbocycles. The molecule has 0 aliphatic heterocycles. The van der Waals surface area contributed by atoms with Gasteiger partial charge in [-0.2, -0.15) is 0 Å². The van der Waals surface area contributed by atoms with Crippen LogP contribution in [0.4, 0.5) is 4.39 Å². The maximum atomic E-state index is 12.9. The Kier molecular flexibility index (Phi) is 4.75. The second kappa shape index (κ2) is 7.13. The lowest BCUT2D eigenvalue weighted by molar-refractivity contribution is -0.127. The van der Waals surface area contributed by atoms with E-state index in [0.29, 0.717) is 12.3 Å². The summed E-state index contributed by atoms with van der Waals surface area (Å²) in [5.41, 5.74) is 0.835. The molecule has 1 atom stereocenters. The molecule has 1 amide bonds. The normalized spacial score (nSPS) is 11.9. The molecule has 1 N–H and O–H groups in total. The minimum absolute atomic E-state index is 0.216. The third-order valence-electron chi connectivity index (χ3n) is 3.80. The minimum Gasteiger partial charge on any atom is -0.480 e. The summed E-state index contributed by atoms with van der Waals surface area (Å²) in [4.78, 5) is 12.2. The molecule has 0 radical (unpaired) electrons. The Labute approximate surface area is 140 Å². The molecule has 0 fully saturated rings. The number of halogens is 1. The fraction of sp³-hybridized carbons (Fsp3) is 0.150. The Hall–Kier alpha value is -2.88. The standard InChI is InChI=1S/C20H18FNO2/c1-14(20(23)22-13-15-9-11-17(21)12-10-15)24-19-8-4-6-16-5-2-3-7-18(16)19/h2-12,14H,13H2,1H3,(H,22,23)/t14-/m0/s1. The van der Waals surface area contributed by atoms with E-state index in [4.69, 9.17) is 4.74 Å². The van der Waals surface area contributed by atoms with Crippen LogP contribution in [0.25, 0.3) is 10.8 Å². The van der Waals surface area contributed by atoms with Gasteiger partial charge in [-0.3, -0.25) is 4.79 Å². The van der Waals surface area contributed by atoms with Gasteiger partial charge in [0.05, 0.1) is 0 Å². The summed E-state index contributed by atoms with van der Waals surface area (Å²) in [6, 6.07) is 19.7. The Morgan fingerprint density at radius 1 is 1.04 bits per heavy atom. The van der Waals surface area contributed by atoms with Crippen molar-refractivity contribution in [1.82, 2.24) is 5.32 Å². The third-order valence-corrected chi connectivity index (χ3v) is 3.80. The summed E-state index contributed by atoms with van der Waals surface area (Å²) in [6.45, 7) is 2.05. The maximum Gasteiger partial charge on any atom is 0.261 e. The molecule has 0 aromatic heterocycles. The number of carbonyl (C=O) groups is 1. The SMILES string of the molecule is C[C@H](Oc1cccc2ccccc12)C(=O)NCc1ccc(F)cc1. The van der Waals surface area contributed by atoms with E-state index >= 15 is 0 Å². The summed E-state index contributed by atoms with van der Waals surface area (Å²) in [6.07, 6.45) is -0.628.